The molecule has 1 atom stereocenters. The largest absolute Gasteiger partial charge is 0.494 e. The Kier molecular flexibility index (Phi) is 7.26. The summed E-state index contributed by atoms with van der Waals surface area (Å²) < 4.78 is 62.1. The van der Waals surface area contributed by atoms with Crippen molar-refractivity contribution >= 4 is 17.2 Å². The summed E-state index contributed by atoms with van der Waals surface area (Å²) in [5, 5.41) is 12.8. The number of halogens is 4. The van der Waals surface area contributed by atoms with Gasteiger partial charge in [-0.15, -0.1) is 11.3 Å². The minimum atomic E-state index is -4.69. The average Bonchev–Trinajstić information content (AvgIpc) is 3.68. The molecule has 1 saturated carbocycles. The molecule has 0 saturated heterocycles. The Balaban J connectivity index is 1.55. The van der Waals surface area contributed by atoms with E-state index in [1.807, 2.05) is 0 Å². The van der Waals surface area contributed by atoms with E-state index in [4.69, 9.17) is 10.1 Å². The fourth-order valence-corrected chi connectivity index (χ4v) is 5.15. The second-order valence-corrected chi connectivity index (χ2v) is 10.2. The molecule has 11 heteroatoms. The first kappa shape index (κ1) is 26.6. The van der Waals surface area contributed by atoms with Gasteiger partial charge in [0.1, 0.15) is 0 Å². The van der Waals surface area contributed by atoms with E-state index >= 15 is 0 Å². The van der Waals surface area contributed by atoms with E-state index in [2.05, 4.69) is 10.3 Å². The van der Waals surface area contributed by atoms with Crippen molar-refractivity contribution in [3.63, 3.8) is 0 Å². The SMILES string of the molecule is COc1cc(C(NC(=O)c2cc(Cn3ccsc3=N)cc(-c3cccnc3C(F)(F)F)c2)C2CC2)ccc1F. The highest BCUT2D eigenvalue weighted by Crippen LogP contribution is 2.42. The molecule has 0 bridgehead atoms. The molecule has 2 N–H and O–H groups in total. The fourth-order valence-electron chi connectivity index (χ4n) is 4.56. The van der Waals surface area contributed by atoms with Gasteiger partial charge in [-0.3, -0.25) is 15.2 Å². The number of pyridine rings is 1. The van der Waals surface area contributed by atoms with Gasteiger partial charge in [-0.2, -0.15) is 13.2 Å². The van der Waals surface area contributed by atoms with Crippen LogP contribution in [0.2, 0.25) is 0 Å². The van der Waals surface area contributed by atoms with Crippen LogP contribution in [-0.2, 0) is 12.7 Å². The molecule has 2 aromatic heterocycles. The summed E-state index contributed by atoms with van der Waals surface area (Å²) in [5.41, 5.74) is 0.391. The predicted molar refractivity (Wildman–Crippen MR) is 138 cm³/mol. The first-order chi connectivity index (χ1) is 18.6. The van der Waals surface area contributed by atoms with Crippen molar-refractivity contribution in [3.8, 4) is 16.9 Å². The van der Waals surface area contributed by atoms with Crippen molar-refractivity contribution in [3.05, 3.63) is 99.3 Å². The molecular weight excluding hydrogens is 532 g/mol. The topological polar surface area (TPSA) is 80.0 Å². The predicted octanol–water partition coefficient (Wildman–Crippen LogP) is 6.19. The molecule has 4 aromatic rings. The number of carbonyl (C=O) groups is 1. The van der Waals surface area contributed by atoms with E-state index in [1.54, 1.807) is 40.4 Å². The van der Waals surface area contributed by atoms with Crippen molar-refractivity contribution < 1.29 is 27.1 Å². The normalized spacial score (nSPS) is 14.2. The maximum absolute atomic E-state index is 14.0. The summed E-state index contributed by atoms with van der Waals surface area (Å²) in [6.45, 7) is 0.194. The van der Waals surface area contributed by atoms with Gasteiger partial charge in [0, 0.05) is 35.4 Å². The highest BCUT2D eigenvalue weighted by atomic mass is 32.1. The standard InChI is InChI=1S/C28H24F4N4O2S/c1-38-23-14-18(6-7-22(23)29)24(17-4-5-17)35-26(37)20-12-16(15-36-9-10-39-27(36)33)11-19(13-20)21-3-2-8-34-25(21)28(30,31)32/h2-3,6-14,17,24,33H,4-5,15H2,1H3,(H,35,37). The van der Waals surface area contributed by atoms with Gasteiger partial charge < -0.3 is 14.6 Å². The molecule has 0 spiro atoms. The first-order valence-electron chi connectivity index (χ1n) is 12.1. The number of thiazole rings is 1. The Morgan fingerprint density at radius 2 is 2.03 bits per heavy atom. The summed E-state index contributed by atoms with van der Waals surface area (Å²) in [6.07, 6.45) is -0.155. The second-order valence-electron chi connectivity index (χ2n) is 9.33. The lowest BCUT2D eigenvalue weighted by atomic mass is 9.97. The molecule has 1 fully saturated rings. The monoisotopic (exact) mass is 556 g/mol. The maximum atomic E-state index is 14.0. The highest BCUT2D eigenvalue weighted by molar-refractivity contribution is 7.06. The van der Waals surface area contributed by atoms with Gasteiger partial charge in [-0.05, 0) is 71.8 Å². The van der Waals surface area contributed by atoms with Crippen LogP contribution in [0.25, 0.3) is 11.1 Å². The summed E-state index contributed by atoms with van der Waals surface area (Å²) in [4.78, 5) is 17.4. The Morgan fingerprint density at radius 3 is 2.69 bits per heavy atom. The lowest BCUT2D eigenvalue weighted by Crippen LogP contribution is -2.30. The van der Waals surface area contributed by atoms with E-state index in [0.717, 1.165) is 19.0 Å². The van der Waals surface area contributed by atoms with Gasteiger partial charge in [0.05, 0.1) is 13.2 Å². The van der Waals surface area contributed by atoms with E-state index < -0.39 is 29.6 Å². The van der Waals surface area contributed by atoms with Crippen LogP contribution in [0, 0.1) is 17.1 Å². The fraction of sp³-hybridized carbons (Fsp3) is 0.250. The number of ether oxygens (including phenoxy) is 1. The molecule has 0 aliphatic heterocycles. The number of hydrogen-bond donors (Lipinski definition) is 2. The number of hydrogen-bond acceptors (Lipinski definition) is 5. The van der Waals surface area contributed by atoms with E-state index in [-0.39, 0.29) is 39.7 Å². The lowest BCUT2D eigenvalue weighted by Gasteiger charge is -2.21. The third-order valence-corrected chi connectivity index (χ3v) is 7.31. The summed E-state index contributed by atoms with van der Waals surface area (Å²) in [6, 6.07) is 11.4. The quantitative estimate of drug-likeness (QED) is 0.254. The average molecular weight is 557 g/mol. The van der Waals surface area contributed by atoms with Crippen LogP contribution in [0.3, 0.4) is 0 Å². The summed E-state index contributed by atoms with van der Waals surface area (Å²) in [7, 11) is 1.36. The minimum absolute atomic E-state index is 0.0620. The third kappa shape index (κ3) is 5.88. The lowest BCUT2D eigenvalue weighted by molar-refractivity contribution is -0.140. The molecule has 1 aliphatic rings. The molecule has 2 aromatic carbocycles. The van der Waals surface area contributed by atoms with Crippen LogP contribution >= 0.6 is 11.3 Å². The van der Waals surface area contributed by atoms with Gasteiger partial charge in [0.25, 0.3) is 5.91 Å². The molecule has 1 unspecified atom stereocenters. The van der Waals surface area contributed by atoms with Crippen LogP contribution in [0.15, 0.2) is 66.3 Å². The van der Waals surface area contributed by atoms with Crippen LogP contribution < -0.4 is 14.9 Å². The molecule has 202 valence electrons. The molecule has 6 nitrogen and oxygen atoms in total. The number of nitrogens with zero attached hydrogens (tertiary/aromatic N) is 2. The first-order valence-corrected chi connectivity index (χ1v) is 13.0. The zero-order valence-corrected chi connectivity index (χ0v) is 21.6. The van der Waals surface area contributed by atoms with Crippen molar-refractivity contribution in [2.75, 3.05) is 7.11 Å². The summed E-state index contributed by atoms with van der Waals surface area (Å²) in [5.74, 6) is -0.783. The maximum Gasteiger partial charge on any atom is 0.433 e. The number of benzene rings is 2. The van der Waals surface area contributed by atoms with Gasteiger partial charge in [0.15, 0.2) is 22.1 Å². The van der Waals surface area contributed by atoms with Crippen molar-refractivity contribution in [2.45, 2.75) is 31.6 Å². The Bertz CT molecular complexity index is 1580. The zero-order valence-electron chi connectivity index (χ0n) is 20.8. The number of alkyl halides is 3. The van der Waals surface area contributed by atoms with Crippen LogP contribution in [0.1, 0.15) is 46.1 Å². The minimum Gasteiger partial charge on any atom is -0.494 e. The number of methoxy groups -OCH3 is 1. The Hall–Kier alpha value is -3.99. The third-order valence-electron chi connectivity index (χ3n) is 6.59. The van der Waals surface area contributed by atoms with E-state index in [0.29, 0.717) is 11.1 Å². The number of aromatic nitrogens is 2. The molecule has 2 heterocycles. The van der Waals surface area contributed by atoms with E-state index in [1.165, 1.54) is 42.7 Å². The van der Waals surface area contributed by atoms with Gasteiger partial charge in [-0.25, -0.2) is 4.39 Å². The molecule has 0 radical (unpaired) electrons. The Morgan fingerprint density at radius 1 is 1.23 bits per heavy atom. The number of amides is 1. The van der Waals surface area contributed by atoms with Crippen LogP contribution in [0.4, 0.5) is 17.6 Å². The van der Waals surface area contributed by atoms with Crippen molar-refractivity contribution in [1.29, 1.82) is 5.41 Å². The van der Waals surface area contributed by atoms with Gasteiger partial charge in [-0.1, -0.05) is 12.1 Å². The van der Waals surface area contributed by atoms with Crippen LogP contribution in [-0.4, -0.2) is 22.6 Å². The molecule has 39 heavy (non-hydrogen) atoms. The van der Waals surface area contributed by atoms with Gasteiger partial charge in [0.2, 0.25) is 0 Å². The smallest absolute Gasteiger partial charge is 0.433 e. The zero-order chi connectivity index (χ0) is 27.7. The van der Waals surface area contributed by atoms with Crippen molar-refractivity contribution in [1.82, 2.24) is 14.9 Å². The highest BCUT2D eigenvalue weighted by Gasteiger charge is 2.36. The van der Waals surface area contributed by atoms with E-state index in [9.17, 15) is 22.4 Å². The Labute approximate surface area is 225 Å². The number of rotatable bonds is 8. The molecule has 1 amide bonds. The number of carbonyl (C=O) groups excluding carboxylic acids is 1. The van der Waals surface area contributed by atoms with Crippen LogP contribution in [0.5, 0.6) is 5.75 Å². The van der Waals surface area contributed by atoms with Crippen molar-refractivity contribution in [2.24, 2.45) is 5.92 Å². The summed E-state index contributed by atoms with van der Waals surface area (Å²) >= 11 is 1.22. The number of nitrogens with one attached hydrogen (secondary N) is 2. The molecular formula is C28H24F4N4O2S. The molecule has 5 rings (SSSR count). The second kappa shape index (κ2) is 10.6. The van der Waals surface area contributed by atoms with Gasteiger partial charge >= 0.3 is 6.18 Å². The molecule has 1 aliphatic carbocycles.